The molecule has 0 amide bonds. The average Bonchev–Trinajstić information content (AvgIpc) is 3.22. The number of hydrogen-bond donors (Lipinski definition) is 0. The molecule has 0 unspecified atom stereocenters. The molecule has 2 aromatic rings. The van der Waals surface area contributed by atoms with Crippen LogP contribution in [0.1, 0.15) is 23.6 Å². The quantitative estimate of drug-likeness (QED) is 0.844. The van der Waals surface area contributed by atoms with Crippen LogP contribution >= 0.6 is 0 Å². The minimum Gasteiger partial charge on any atom is -0.468 e. The Kier molecular flexibility index (Phi) is 4.65. The molecule has 2 atom stereocenters. The first-order chi connectivity index (χ1) is 11.8. The van der Waals surface area contributed by atoms with Gasteiger partial charge in [-0.2, -0.15) is 0 Å². The van der Waals surface area contributed by atoms with E-state index in [1.165, 1.54) is 0 Å². The van der Waals surface area contributed by atoms with Gasteiger partial charge in [0, 0.05) is 37.9 Å². The predicted octanol–water partition coefficient (Wildman–Crippen LogP) is 2.46. The largest absolute Gasteiger partial charge is 0.468 e. The van der Waals surface area contributed by atoms with Crippen molar-refractivity contribution in [1.29, 1.82) is 0 Å². The van der Waals surface area contributed by atoms with Crippen LogP contribution in [0, 0.1) is 6.92 Å². The van der Waals surface area contributed by atoms with Crippen molar-refractivity contribution in [2.75, 3.05) is 26.2 Å². The Hall–Kier alpha value is -1.69. The molecule has 0 radical (unpaired) electrons. The molecule has 2 fully saturated rings. The molecule has 0 bridgehead atoms. The number of furan rings is 1. The summed E-state index contributed by atoms with van der Waals surface area (Å²) >= 11 is 0. The third kappa shape index (κ3) is 3.69. The average molecular weight is 327 g/mol. The molecule has 0 aromatic carbocycles. The van der Waals surface area contributed by atoms with Crippen LogP contribution in [-0.2, 0) is 17.9 Å². The van der Waals surface area contributed by atoms with Gasteiger partial charge in [-0.05, 0) is 37.6 Å². The van der Waals surface area contributed by atoms with Crippen LogP contribution in [0.4, 0.5) is 0 Å². The van der Waals surface area contributed by atoms with Crippen molar-refractivity contribution in [3.8, 4) is 0 Å². The number of ether oxygens (including phenoxy) is 1. The Balaban J connectivity index is 1.28. The first-order valence-corrected chi connectivity index (χ1v) is 8.79. The van der Waals surface area contributed by atoms with Crippen LogP contribution in [0.5, 0.6) is 0 Å². The van der Waals surface area contributed by atoms with Crippen LogP contribution in [0.25, 0.3) is 0 Å². The molecule has 2 saturated heterocycles. The molecular weight excluding hydrogens is 302 g/mol. The molecule has 2 aliphatic heterocycles. The van der Waals surface area contributed by atoms with Gasteiger partial charge in [0.25, 0.3) is 0 Å². The minimum absolute atomic E-state index is 0.320. The molecule has 5 nitrogen and oxygen atoms in total. The maximum atomic E-state index is 6.14. The minimum atomic E-state index is 0.320. The highest BCUT2D eigenvalue weighted by Crippen LogP contribution is 2.25. The van der Waals surface area contributed by atoms with Gasteiger partial charge in [-0.1, -0.05) is 6.07 Å². The number of fused-ring (bicyclic) bond motifs is 1. The molecule has 0 spiro atoms. The summed E-state index contributed by atoms with van der Waals surface area (Å²) in [7, 11) is 0. The van der Waals surface area contributed by atoms with Gasteiger partial charge in [-0.25, -0.2) is 0 Å². The fraction of sp³-hybridized carbons (Fsp3) is 0.526. The van der Waals surface area contributed by atoms with E-state index in [1.807, 2.05) is 31.2 Å². The fourth-order valence-electron chi connectivity index (χ4n) is 3.83. The summed E-state index contributed by atoms with van der Waals surface area (Å²) in [6, 6.07) is 10.7. The lowest BCUT2D eigenvalue weighted by Crippen LogP contribution is -2.49. The standard InChI is InChI=1S/C19H25N3O2/c1-15-4-2-5-16(20-15)14-24-19-10-17-11-21(7-8-22(17)13-19)12-18-6-3-9-23-18/h2-6,9,17,19H,7-8,10-14H2,1H3/t17-,19+/m0/s1. The van der Waals surface area contributed by atoms with E-state index in [4.69, 9.17) is 9.15 Å². The molecule has 2 aromatic heterocycles. The third-order valence-electron chi connectivity index (χ3n) is 5.03. The van der Waals surface area contributed by atoms with Crippen molar-refractivity contribution in [3.05, 3.63) is 53.7 Å². The summed E-state index contributed by atoms with van der Waals surface area (Å²) in [5.41, 5.74) is 2.08. The van der Waals surface area contributed by atoms with Crippen molar-refractivity contribution >= 4 is 0 Å². The molecule has 0 saturated carbocycles. The van der Waals surface area contributed by atoms with Crippen LogP contribution in [0.2, 0.25) is 0 Å². The van der Waals surface area contributed by atoms with Crippen molar-refractivity contribution in [3.63, 3.8) is 0 Å². The molecule has 128 valence electrons. The molecule has 0 N–H and O–H groups in total. The highest BCUT2D eigenvalue weighted by molar-refractivity contribution is 5.09. The number of rotatable bonds is 5. The molecule has 0 aliphatic carbocycles. The van der Waals surface area contributed by atoms with Crippen molar-refractivity contribution in [2.24, 2.45) is 0 Å². The fourth-order valence-corrected chi connectivity index (χ4v) is 3.83. The topological polar surface area (TPSA) is 41.7 Å². The van der Waals surface area contributed by atoms with E-state index in [0.29, 0.717) is 18.8 Å². The molecule has 2 aliphatic rings. The monoisotopic (exact) mass is 327 g/mol. The molecular formula is C19H25N3O2. The van der Waals surface area contributed by atoms with E-state index in [-0.39, 0.29) is 0 Å². The zero-order chi connectivity index (χ0) is 16.4. The highest BCUT2D eigenvalue weighted by atomic mass is 16.5. The number of piperazine rings is 1. The maximum absolute atomic E-state index is 6.14. The van der Waals surface area contributed by atoms with Crippen LogP contribution in [-0.4, -0.2) is 53.1 Å². The van der Waals surface area contributed by atoms with Gasteiger partial charge in [0.15, 0.2) is 0 Å². The van der Waals surface area contributed by atoms with E-state index in [9.17, 15) is 0 Å². The lowest BCUT2D eigenvalue weighted by Gasteiger charge is -2.36. The lowest BCUT2D eigenvalue weighted by molar-refractivity contribution is 0.0438. The van der Waals surface area contributed by atoms with Crippen molar-refractivity contribution in [1.82, 2.24) is 14.8 Å². The predicted molar refractivity (Wildman–Crippen MR) is 91.5 cm³/mol. The SMILES string of the molecule is Cc1cccc(CO[C@@H]2C[C@H]3CN(Cc4ccco4)CCN3C2)n1. The second-order valence-corrected chi connectivity index (χ2v) is 6.90. The zero-order valence-corrected chi connectivity index (χ0v) is 14.2. The van der Waals surface area contributed by atoms with E-state index in [1.54, 1.807) is 6.26 Å². The molecule has 24 heavy (non-hydrogen) atoms. The van der Waals surface area contributed by atoms with E-state index < -0.39 is 0 Å². The summed E-state index contributed by atoms with van der Waals surface area (Å²) in [5, 5.41) is 0. The highest BCUT2D eigenvalue weighted by Gasteiger charge is 2.36. The second-order valence-electron chi connectivity index (χ2n) is 6.90. The summed E-state index contributed by atoms with van der Waals surface area (Å²) in [4.78, 5) is 9.59. The van der Waals surface area contributed by atoms with Gasteiger partial charge >= 0.3 is 0 Å². The summed E-state index contributed by atoms with van der Waals surface area (Å²) < 4.78 is 11.6. The van der Waals surface area contributed by atoms with Gasteiger partial charge in [0.05, 0.1) is 31.2 Å². The molecule has 4 heterocycles. The Morgan fingerprint density at radius 1 is 1.21 bits per heavy atom. The van der Waals surface area contributed by atoms with Crippen LogP contribution in [0.15, 0.2) is 41.0 Å². The zero-order valence-electron chi connectivity index (χ0n) is 14.2. The number of pyridine rings is 1. The summed E-state index contributed by atoms with van der Waals surface area (Å²) in [5.74, 6) is 1.06. The number of nitrogens with zero attached hydrogens (tertiary/aromatic N) is 3. The van der Waals surface area contributed by atoms with Gasteiger partial charge in [0.2, 0.25) is 0 Å². The molecule has 5 heteroatoms. The number of aryl methyl sites for hydroxylation is 1. The second kappa shape index (κ2) is 7.05. The van der Waals surface area contributed by atoms with Crippen LogP contribution < -0.4 is 0 Å². The maximum Gasteiger partial charge on any atom is 0.117 e. The number of aromatic nitrogens is 1. The van der Waals surface area contributed by atoms with Gasteiger partial charge < -0.3 is 9.15 Å². The normalized spacial score (nSPS) is 25.0. The Bertz CT molecular complexity index is 658. The third-order valence-corrected chi connectivity index (χ3v) is 5.03. The van der Waals surface area contributed by atoms with Gasteiger partial charge in [-0.15, -0.1) is 0 Å². The van der Waals surface area contributed by atoms with Gasteiger partial charge in [-0.3, -0.25) is 14.8 Å². The van der Waals surface area contributed by atoms with Crippen molar-refractivity contribution in [2.45, 2.75) is 38.6 Å². The Labute approximate surface area is 143 Å². The van der Waals surface area contributed by atoms with Gasteiger partial charge in [0.1, 0.15) is 5.76 Å². The molecule has 4 rings (SSSR count). The van der Waals surface area contributed by atoms with Crippen LogP contribution in [0.3, 0.4) is 0 Å². The first-order valence-electron chi connectivity index (χ1n) is 8.79. The lowest BCUT2D eigenvalue weighted by atomic mass is 10.1. The van der Waals surface area contributed by atoms with E-state index in [2.05, 4.69) is 20.9 Å². The Morgan fingerprint density at radius 3 is 3.00 bits per heavy atom. The van der Waals surface area contributed by atoms with E-state index >= 15 is 0 Å². The first kappa shape index (κ1) is 15.8. The van der Waals surface area contributed by atoms with E-state index in [0.717, 1.165) is 56.3 Å². The smallest absolute Gasteiger partial charge is 0.117 e. The van der Waals surface area contributed by atoms with Crippen molar-refractivity contribution < 1.29 is 9.15 Å². The number of hydrogen-bond acceptors (Lipinski definition) is 5. The Morgan fingerprint density at radius 2 is 2.17 bits per heavy atom. The summed E-state index contributed by atoms with van der Waals surface area (Å²) in [6.45, 7) is 7.91. The summed E-state index contributed by atoms with van der Waals surface area (Å²) in [6.07, 6.45) is 3.19.